The highest BCUT2D eigenvalue weighted by Crippen LogP contribution is 2.15. The summed E-state index contributed by atoms with van der Waals surface area (Å²) in [4.78, 5) is 23.2. The second-order valence-corrected chi connectivity index (χ2v) is 5.07. The fraction of sp³-hybridized carbons (Fsp3) is 0.429. The second kappa shape index (κ2) is 6.22. The van der Waals surface area contributed by atoms with E-state index in [9.17, 15) is 9.59 Å². The van der Waals surface area contributed by atoms with Crippen LogP contribution in [0.1, 0.15) is 19.4 Å². The molecule has 0 saturated heterocycles. The number of nitrogens with two attached hydrogens (primary N) is 1. The summed E-state index contributed by atoms with van der Waals surface area (Å²) in [7, 11) is 1.33. The first-order valence-corrected chi connectivity index (χ1v) is 6.04. The van der Waals surface area contributed by atoms with Crippen LogP contribution in [0.3, 0.4) is 0 Å². The number of carbonyl (C=O) groups is 2. The molecule has 0 unspecified atom stereocenters. The molecule has 0 aliphatic carbocycles. The quantitative estimate of drug-likeness (QED) is 0.617. The number of rotatable bonds is 5. The van der Waals surface area contributed by atoms with Gasteiger partial charge < -0.3 is 15.8 Å². The first kappa shape index (κ1) is 15.0. The molecule has 0 saturated carbocycles. The maximum Gasteiger partial charge on any atom is 0.313 e. The van der Waals surface area contributed by atoms with E-state index in [0.29, 0.717) is 5.69 Å². The van der Waals surface area contributed by atoms with Crippen molar-refractivity contribution in [1.29, 1.82) is 0 Å². The van der Waals surface area contributed by atoms with Gasteiger partial charge in [-0.25, -0.2) is 0 Å². The molecule has 0 heterocycles. The first-order chi connectivity index (χ1) is 8.85. The van der Waals surface area contributed by atoms with Gasteiger partial charge in [-0.3, -0.25) is 9.59 Å². The molecule has 0 aliphatic heterocycles. The van der Waals surface area contributed by atoms with Gasteiger partial charge in [-0.15, -0.1) is 0 Å². The van der Waals surface area contributed by atoms with Gasteiger partial charge in [0.2, 0.25) is 5.91 Å². The summed E-state index contributed by atoms with van der Waals surface area (Å²) < 4.78 is 4.67. The van der Waals surface area contributed by atoms with Gasteiger partial charge in [0, 0.05) is 12.2 Å². The number of amides is 1. The highest BCUT2D eigenvalue weighted by molar-refractivity contribution is 5.81. The summed E-state index contributed by atoms with van der Waals surface area (Å²) in [5.74, 6) is -0.484. The fourth-order valence-corrected chi connectivity index (χ4v) is 1.55. The zero-order chi connectivity index (χ0) is 14.5. The van der Waals surface area contributed by atoms with Crippen LogP contribution in [0.5, 0.6) is 0 Å². The van der Waals surface area contributed by atoms with Crippen molar-refractivity contribution in [1.82, 2.24) is 5.32 Å². The Balaban J connectivity index is 2.48. The average Bonchev–Trinajstić information content (AvgIpc) is 2.38. The normalized spacial score (nSPS) is 10.9. The van der Waals surface area contributed by atoms with Crippen LogP contribution < -0.4 is 11.1 Å². The minimum atomic E-state index is -0.731. The van der Waals surface area contributed by atoms with Gasteiger partial charge in [0.05, 0.1) is 18.9 Å². The molecule has 1 rings (SSSR count). The number of hydrogen-bond donors (Lipinski definition) is 2. The van der Waals surface area contributed by atoms with Gasteiger partial charge in [-0.05, 0) is 31.5 Å². The summed E-state index contributed by atoms with van der Waals surface area (Å²) >= 11 is 0. The molecule has 19 heavy (non-hydrogen) atoms. The number of nitrogens with one attached hydrogen (secondary N) is 1. The van der Waals surface area contributed by atoms with Crippen LogP contribution in [0.15, 0.2) is 24.3 Å². The van der Waals surface area contributed by atoms with Gasteiger partial charge in [-0.1, -0.05) is 12.1 Å². The number of hydrogen-bond acceptors (Lipinski definition) is 4. The second-order valence-electron chi connectivity index (χ2n) is 5.07. The van der Waals surface area contributed by atoms with E-state index in [2.05, 4.69) is 10.1 Å². The Kier molecular flexibility index (Phi) is 4.92. The summed E-state index contributed by atoms with van der Waals surface area (Å²) in [5.41, 5.74) is 6.38. The maximum atomic E-state index is 11.8. The van der Waals surface area contributed by atoms with E-state index in [4.69, 9.17) is 5.73 Å². The molecule has 104 valence electrons. The molecule has 0 atom stereocenters. The van der Waals surface area contributed by atoms with Crippen LogP contribution in [-0.4, -0.2) is 25.5 Å². The van der Waals surface area contributed by atoms with Crippen LogP contribution >= 0.6 is 0 Å². The van der Waals surface area contributed by atoms with Gasteiger partial charge in [-0.2, -0.15) is 0 Å². The third-order valence-electron chi connectivity index (χ3n) is 2.81. The van der Waals surface area contributed by atoms with Crippen molar-refractivity contribution < 1.29 is 14.3 Å². The Morgan fingerprint density at radius 3 is 2.37 bits per heavy atom. The van der Waals surface area contributed by atoms with E-state index < -0.39 is 5.41 Å². The molecular weight excluding hydrogens is 244 g/mol. The SMILES string of the molecule is COC(=O)C(C)(C)CNC(=O)Cc1ccc(N)cc1. The first-order valence-electron chi connectivity index (χ1n) is 6.04. The van der Waals surface area contributed by atoms with E-state index in [1.54, 1.807) is 38.1 Å². The van der Waals surface area contributed by atoms with Gasteiger partial charge in [0.15, 0.2) is 0 Å². The van der Waals surface area contributed by atoms with E-state index in [1.165, 1.54) is 7.11 Å². The zero-order valence-corrected chi connectivity index (χ0v) is 11.5. The van der Waals surface area contributed by atoms with Crippen molar-refractivity contribution in [2.24, 2.45) is 5.41 Å². The lowest BCUT2D eigenvalue weighted by atomic mass is 9.93. The molecule has 0 aliphatic rings. The average molecular weight is 264 g/mol. The highest BCUT2D eigenvalue weighted by atomic mass is 16.5. The van der Waals surface area contributed by atoms with Crippen molar-refractivity contribution in [3.8, 4) is 0 Å². The summed E-state index contributed by atoms with van der Waals surface area (Å²) in [6.07, 6.45) is 0.261. The Morgan fingerprint density at radius 2 is 1.84 bits per heavy atom. The molecule has 1 aromatic rings. The van der Waals surface area contributed by atoms with Gasteiger partial charge in [0.1, 0.15) is 0 Å². The molecule has 0 radical (unpaired) electrons. The molecule has 0 bridgehead atoms. The third-order valence-corrected chi connectivity index (χ3v) is 2.81. The number of carbonyl (C=O) groups excluding carboxylic acids is 2. The van der Waals surface area contributed by atoms with Crippen molar-refractivity contribution in [2.45, 2.75) is 20.3 Å². The minimum Gasteiger partial charge on any atom is -0.469 e. The molecule has 0 spiro atoms. The Bertz CT molecular complexity index is 452. The summed E-state index contributed by atoms with van der Waals surface area (Å²) in [6, 6.07) is 7.11. The molecule has 0 aromatic heterocycles. The van der Waals surface area contributed by atoms with Crippen LogP contribution in [-0.2, 0) is 20.7 Å². The lowest BCUT2D eigenvalue weighted by Gasteiger charge is -2.21. The lowest BCUT2D eigenvalue weighted by Crippen LogP contribution is -2.40. The Hall–Kier alpha value is -2.04. The van der Waals surface area contributed by atoms with Crippen LogP contribution in [0.2, 0.25) is 0 Å². The van der Waals surface area contributed by atoms with Crippen molar-refractivity contribution in [3.63, 3.8) is 0 Å². The number of methoxy groups -OCH3 is 1. The molecule has 3 N–H and O–H groups in total. The predicted octanol–water partition coefficient (Wildman–Crippen LogP) is 1.13. The topological polar surface area (TPSA) is 81.4 Å². The molecular formula is C14H20N2O3. The molecule has 5 nitrogen and oxygen atoms in total. The largest absolute Gasteiger partial charge is 0.469 e. The molecule has 1 amide bonds. The van der Waals surface area contributed by atoms with Crippen molar-refractivity contribution in [3.05, 3.63) is 29.8 Å². The van der Waals surface area contributed by atoms with Crippen molar-refractivity contribution in [2.75, 3.05) is 19.4 Å². The monoisotopic (exact) mass is 264 g/mol. The number of nitrogen functional groups attached to an aromatic ring is 1. The van der Waals surface area contributed by atoms with E-state index >= 15 is 0 Å². The van der Waals surface area contributed by atoms with Crippen LogP contribution in [0.4, 0.5) is 5.69 Å². The van der Waals surface area contributed by atoms with E-state index in [-0.39, 0.29) is 24.8 Å². The highest BCUT2D eigenvalue weighted by Gasteiger charge is 2.28. The fourth-order valence-electron chi connectivity index (χ4n) is 1.55. The van der Waals surface area contributed by atoms with Crippen LogP contribution in [0, 0.1) is 5.41 Å². The zero-order valence-electron chi connectivity index (χ0n) is 11.5. The predicted molar refractivity (Wildman–Crippen MR) is 73.4 cm³/mol. The number of ether oxygens (including phenoxy) is 1. The minimum absolute atomic E-state index is 0.137. The molecule has 0 fully saturated rings. The van der Waals surface area contributed by atoms with Gasteiger partial charge >= 0.3 is 5.97 Å². The van der Waals surface area contributed by atoms with E-state index in [1.807, 2.05) is 0 Å². The van der Waals surface area contributed by atoms with Gasteiger partial charge in [0.25, 0.3) is 0 Å². The summed E-state index contributed by atoms with van der Waals surface area (Å²) in [6.45, 7) is 3.69. The number of benzene rings is 1. The number of esters is 1. The Morgan fingerprint density at radius 1 is 1.26 bits per heavy atom. The standard InChI is InChI=1S/C14H20N2O3/c1-14(2,13(18)19-3)9-16-12(17)8-10-4-6-11(15)7-5-10/h4-7H,8-9,15H2,1-3H3,(H,16,17). The van der Waals surface area contributed by atoms with E-state index in [0.717, 1.165) is 5.56 Å². The number of anilines is 1. The maximum absolute atomic E-state index is 11.8. The Labute approximate surface area is 113 Å². The lowest BCUT2D eigenvalue weighted by molar-refractivity contribution is -0.150. The molecule has 1 aromatic carbocycles. The molecule has 5 heteroatoms. The third kappa shape index (κ3) is 4.62. The smallest absolute Gasteiger partial charge is 0.313 e. The van der Waals surface area contributed by atoms with Crippen molar-refractivity contribution >= 4 is 17.6 Å². The summed E-state index contributed by atoms with van der Waals surface area (Å²) in [5, 5.41) is 2.73. The van der Waals surface area contributed by atoms with Crippen LogP contribution in [0.25, 0.3) is 0 Å².